The average Bonchev–Trinajstić information content (AvgIpc) is 2.72. The summed E-state index contributed by atoms with van der Waals surface area (Å²) in [5.41, 5.74) is -0.329. The van der Waals surface area contributed by atoms with E-state index in [9.17, 15) is 31.1 Å². The molecule has 0 bridgehead atoms. The van der Waals surface area contributed by atoms with Gasteiger partial charge in [-0.25, -0.2) is 15.8 Å². The summed E-state index contributed by atoms with van der Waals surface area (Å²) in [6.07, 6.45) is -9.24. The number of benzene rings is 2. The van der Waals surface area contributed by atoms with Crippen molar-refractivity contribution in [1.82, 2.24) is 15.4 Å². The van der Waals surface area contributed by atoms with Crippen molar-refractivity contribution in [3.63, 3.8) is 0 Å². The van der Waals surface area contributed by atoms with E-state index in [2.05, 4.69) is 9.97 Å². The third-order valence-electron chi connectivity index (χ3n) is 4.03. The summed E-state index contributed by atoms with van der Waals surface area (Å²) >= 11 is 0. The molecule has 0 unspecified atom stereocenters. The number of nitrogens with one attached hydrogen (secondary N) is 1. The summed E-state index contributed by atoms with van der Waals surface area (Å²) in [4.78, 5) is 19.7. The number of rotatable bonds is 3. The summed E-state index contributed by atoms with van der Waals surface area (Å²) in [6.45, 7) is 0. The van der Waals surface area contributed by atoms with E-state index >= 15 is 0 Å². The van der Waals surface area contributed by atoms with Gasteiger partial charge in [0.25, 0.3) is 0 Å². The van der Waals surface area contributed by atoms with Crippen molar-refractivity contribution < 1.29 is 31.1 Å². The lowest BCUT2D eigenvalue weighted by Gasteiger charge is -2.12. The van der Waals surface area contributed by atoms with Crippen LogP contribution in [0.15, 0.2) is 54.6 Å². The van der Waals surface area contributed by atoms with Gasteiger partial charge in [-0.3, -0.25) is 10.2 Å². The highest BCUT2D eigenvalue weighted by atomic mass is 19.4. The van der Waals surface area contributed by atoms with E-state index < -0.39 is 35.2 Å². The van der Waals surface area contributed by atoms with Crippen LogP contribution in [0, 0.1) is 0 Å². The van der Waals surface area contributed by atoms with Gasteiger partial charge in [0.15, 0.2) is 0 Å². The number of nitrogens with two attached hydrogens (primary N) is 1. The van der Waals surface area contributed by atoms with Gasteiger partial charge in [0.1, 0.15) is 0 Å². The van der Waals surface area contributed by atoms with E-state index in [-0.39, 0.29) is 22.5 Å². The number of carbonyl (C=O) groups excluding carboxylic acids is 1. The highest BCUT2D eigenvalue weighted by molar-refractivity contribution is 5.91. The zero-order valence-corrected chi connectivity index (χ0v) is 14.8. The first-order valence-corrected chi connectivity index (χ1v) is 8.24. The van der Waals surface area contributed by atoms with Crippen molar-refractivity contribution in [1.29, 1.82) is 0 Å². The van der Waals surface area contributed by atoms with Gasteiger partial charge in [-0.05, 0) is 30.3 Å². The molecular weight excluding hydrogens is 414 g/mol. The molecule has 1 heterocycles. The second-order valence-corrected chi connectivity index (χ2v) is 6.09. The minimum absolute atomic E-state index is 0.00785. The molecule has 5 nitrogen and oxygen atoms in total. The van der Waals surface area contributed by atoms with Crippen LogP contribution in [-0.4, -0.2) is 15.9 Å². The van der Waals surface area contributed by atoms with Gasteiger partial charge >= 0.3 is 18.3 Å². The summed E-state index contributed by atoms with van der Waals surface area (Å²) < 4.78 is 78.2. The predicted molar refractivity (Wildman–Crippen MR) is 94.6 cm³/mol. The number of hydrazine groups is 1. The fraction of sp³-hybridized carbons (Fsp3) is 0.105. The standard InChI is InChI=1S/C19H12F6N4O/c20-18(21,22)12-5-1-3-10(7-12)14-9-15(28-16(27-14)17(30)29-26)11-4-2-6-13(8-11)19(23,24)25/h1-9H,26H2,(H,29,30). The average molecular weight is 426 g/mol. The molecule has 0 aliphatic carbocycles. The summed E-state index contributed by atoms with van der Waals surface area (Å²) in [6, 6.07) is 9.44. The van der Waals surface area contributed by atoms with Gasteiger partial charge in [-0.1, -0.05) is 24.3 Å². The van der Waals surface area contributed by atoms with E-state index in [0.29, 0.717) is 0 Å². The molecule has 1 amide bonds. The monoisotopic (exact) mass is 426 g/mol. The number of amides is 1. The lowest BCUT2D eigenvalue weighted by molar-refractivity contribution is -0.138. The van der Waals surface area contributed by atoms with Crippen molar-refractivity contribution in [3.05, 3.63) is 71.5 Å². The predicted octanol–water partition coefficient (Wildman–Crippen LogP) is 4.45. The Morgan fingerprint density at radius 1 is 0.767 bits per heavy atom. The molecule has 3 N–H and O–H groups in total. The quantitative estimate of drug-likeness (QED) is 0.281. The van der Waals surface area contributed by atoms with Gasteiger partial charge in [0.2, 0.25) is 5.82 Å². The third kappa shape index (κ3) is 4.57. The Labute approximate surface area is 165 Å². The van der Waals surface area contributed by atoms with E-state index in [1.54, 1.807) is 5.43 Å². The third-order valence-corrected chi connectivity index (χ3v) is 4.03. The smallest absolute Gasteiger partial charge is 0.287 e. The lowest BCUT2D eigenvalue weighted by Crippen LogP contribution is -2.31. The maximum Gasteiger partial charge on any atom is 0.416 e. The number of alkyl halides is 6. The Bertz CT molecular complexity index is 1020. The molecule has 0 aliphatic rings. The number of carbonyl (C=O) groups is 1. The molecule has 0 aliphatic heterocycles. The molecule has 3 aromatic rings. The fourth-order valence-corrected chi connectivity index (χ4v) is 2.62. The van der Waals surface area contributed by atoms with Crippen LogP contribution in [0.5, 0.6) is 0 Å². The first-order chi connectivity index (χ1) is 14.0. The SMILES string of the molecule is NNC(=O)c1nc(-c2cccc(C(F)(F)F)c2)cc(-c2cccc(C(F)(F)F)c2)n1. The van der Waals surface area contributed by atoms with E-state index in [1.165, 1.54) is 18.2 Å². The summed E-state index contributed by atoms with van der Waals surface area (Å²) in [7, 11) is 0. The maximum atomic E-state index is 13.0. The molecule has 0 atom stereocenters. The van der Waals surface area contributed by atoms with Crippen LogP contribution in [0.1, 0.15) is 21.7 Å². The Hall–Kier alpha value is -3.47. The van der Waals surface area contributed by atoms with E-state index in [0.717, 1.165) is 36.4 Å². The number of halogens is 6. The van der Waals surface area contributed by atoms with Gasteiger partial charge < -0.3 is 0 Å². The van der Waals surface area contributed by atoms with Crippen LogP contribution >= 0.6 is 0 Å². The first-order valence-electron chi connectivity index (χ1n) is 8.24. The molecule has 0 saturated heterocycles. The van der Waals surface area contributed by atoms with E-state index in [1.807, 2.05) is 0 Å². The fourth-order valence-electron chi connectivity index (χ4n) is 2.62. The molecule has 11 heteroatoms. The maximum absolute atomic E-state index is 13.0. The largest absolute Gasteiger partial charge is 0.416 e. The Kier molecular flexibility index (Phi) is 5.49. The van der Waals surface area contributed by atoms with Crippen molar-refractivity contribution in [2.24, 2.45) is 5.84 Å². The molecule has 1 aromatic heterocycles. The first kappa shape index (κ1) is 21.2. The molecule has 0 saturated carbocycles. The van der Waals surface area contributed by atoms with Crippen LogP contribution in [0.4, 0.5) is 26.3 Å². The second kappa shape index (κ2) is 7.75. The van der Waals surface area contributed by atoms with Crippen LogP contribution in [0.3, 0.4) is 0 Å². The molecule has 156 valence electrons. The zero-order chi connectivity index (χ0) is 22.1. The van der Waals surface area contributed by atoms with Crippen molar-refractivity contribution in [2.45, 2.75) is 12.4 Å². The molecule has 30 heavy (non-hydrogen) atoms. The Balaban J connectivity index is 2.19. The minimum Gasteiger partial charge on any atom is -0.287 e. The zero-order valence-electron chi connectivity index (χ0n) is 14.8. The van der Waals surface area contributed by atoms with Crippen LogP contribution in [0.2, 0.25) is 0 Å². The van der Waals surface area contributed by atoms with Gasteiger partial charge in [0, 0.05) is 11.1 Å². The minimum atomic E-state index is -4.62. The highest BCUT2D eigenvalue weighted by Crippen LogP contribution is 2.34. The van der Waals surface area contributed by atoms with Gasteiger partial charge in [-0.2, -0.15) is 26.3 Å². The number of hydrogen-bond donors (Lipinski definition) is 2. The lowest BCUT2D eigenvalue weighted by atomic mass is 10.0. The van der Waals surface area contributed by atoms with Crippen molar-refractivity contribution >= 4 is 5.91 Å². The van der Waals surface area contributed by atoms with Crippen LogP contribution in [-0.2, 0) is 12.4 Å². The molecule has 3 rings (SSSR count). The van der Waals surface area contributed by atoms with Gasteiger partial charge in [-0.15, -0.1) is 0 Å². The Morgan fingerprint density at radius 3 is 1.57 bits per heavy atom. The number of nitrogen functional groups attached to an aromatic ring is 1. The van der Waals surface area contributed by atoms with Gasteiger partial charge in [0.05, 0.1) is 22.5 Å². The van der Waals surface area contributed by atoms with Crippen molar-refractivity contribution in [2.75, 3.05) is 0 Å². The molecule has 0 spiro atoms. The number of nitrogens with zero attached hydrogens (tertiary/aromatic N) is 2. The highest BCUT2D eigenvalue weighted by Gasteiger charge is 2.31. The second-order valence-electron chi connectivity index (χ2n) is 6.09. The Morgan fingerprint density at radius 2 is 1.20 bits per heavy atom. The summed E-state index contributed by atoms with van der Waals surface area (Å²) in [5.74, 6) is 3.59. The topological polar surface area (TPSA) is 80.9 Å². The number of hydrogen-bond acceptors (Lipinski definition) is 4. The molecule has 0 radical (unpaired) electrons. The molecular formula is C19H12F6N4O. The van der Waals surface area contributed by atoms with Crippen LogP contribution in [0.25, 0.3) is 22.5 Å². The van der Waals surface area contributed by atoms with E-state index in [4.69, 9.17) is 5.84 Å². The van der Waals surface area contributed by atoms with Crippen molar-refractivity contribution in [3.8, 4) is 22.5 Å². The van der Waals surface area contributed by atoms with Crippen LogP contribution < -0.4 is 11.3 Å². The molecule has 2 aromatic carbocycles. The number of aromatic nitrogens is 2. The molecule has 0 fully saturated rings. The normalized spacial score (nSPS) is 12.0. The summed E-state index contributed by atoms with van der Waals surface area (Å²) in [5, 5.41) is 0.